The number of hydrogen-bond acceptors (Lipinski definition) is 4. The van der Waals surface area contributed by atoms with Crippen LogP contribution in [0.3, 0.4) is 0 Å². The van der Waals surface area contributed by atoms with Crippen LogP contribution in [-0.4, -0.2) is 19.7 Å². The van der Waals surface area contributed by atoms with E-state index in [0.29, 0.717) is 30.1 Å². The largest absolute Gasteiger partial charge is 0.433 e. The lowest BCUT2D eigenvalue weighted by Gasteiger charge is -2.12. The van der Waals surface area contributed by atoms with Gasteiger partial charge in [-0.15, -0.1) is 5.10 Å². The van der Waals surface area contributed by atoms with Crippen LogP contribution in [0.1, 0.15) is 36.8 Å². The maximum Gasteiger partial charge on any atom is 0.433 e. The van der Waals surface area contributed by atoms with Crippen LogP contribution < -0.4 is 5.73 Å². The topological polar surface area (TPSA) is 69.6 Å². The molecule has 114 valence electrons. The molecule has 0 aromatic carbocycles. The molecular formula is C13H16F3N5. The monoisotopic (exact) mass is 299 g/mol. The van der Waals surface area contributed by atoms with Crippen LogP contribution in [0.15, 0.2) is 12.1 Å². The van der Waals surface area contributed by atoms with Crippen molar-refractivity contribution in [2.24, 2.45) is 5.73 Å². The fraction of sp³-hybridized carbons (Fsp3) is 0.462. The highest BCUT2D eigenvalue weighted by Crippen LogP contribution is 2.29. The molecule has 2 N–H and O–H groups in total. The Bertz CT molecular complexity index is 633. The van der Waals surface area contributed by atoms with E-state index in [2.05, 4.69) is 15.1 Å². The van der Waals surface area contributed by atoms with Crippen molar-refractivity contribution in [3.05, 3.63) is 35.0 Å². The van der Waals surface area contributed by atoms with E-state index in [1.165, 1.54) is 10.7 Å². The lowest BCUT2D eigenvalue weighted by Crippen LogP contribution is -2.15. The van der Waals surface area contributed by atoms with Crippen molar-refractivity contribution in [2.45, 2.75) is 39.4 Å². The van der Waals surface area contributed by atoms with E-state index in [1.807, 2.05) is 13.8 Å². The summed E-state index contributed by atoms with van der Waals surface area (Å²) in [5.41, 5.74) is 5.12. The summed E-state index contributed by atoms with van der Waals surface area (Å²) in [6, 6.07) is 2.26. The van der Waals surface area contributed by atoms with Gasteiger partial charge in [-0.25, -0.2) is 9.97 Å². The van der Waals surface area contributed by atoms with E-state index in [0.717, 1.165) is 6.07 Å². The molecule has 2 heterocycles. The zero-order valence-corrected chi connectivity index (χ0v) is 11.8. The Hall–Kier alpha value is -1.96. The van der Waals surface area contributed by atoms with Gasteiger partial charge in [0.2, 0.25) is 0 Å². The highest BCUT2D eigenvalue weighted by molar-refractivity contribution is 5.36. The van der Waals surface area contributed by atoms with Crippen LogP contribution in [0.2, 0.25) is 0 Å². The van der Waals surface area contributed by atoms with Crippen molar-refractivity contribution in [1.29, 1.82) is 0 Å². The smallest absolute Gasteiger partial charge is 0.326 e. The van der Waals surface area contributed by atoms with Gasteiger partial charge in [-0.05, 0) is 6.07 Å². The van der Waals surface area contributed by atoms with Crippen LogP contribution in [0.25, 0.3) is 5.82 Å². The first kappa shape index (κ1) is 15.4. The normalized spacial score (nSPS) is 11.9. The van der Waals surface area contributed by atoms with Gasteiger partial charge in [-0.1, -0.05) is 19.9 Å². The maximum absolute atomic E-state index is 12.8. The van der Waals surface area contributed by atoms with Crippen molar-refractivity contribution in [1.82, 2.24) is 19.7 Å². The van der Waals surface area contributed by atoms with Gasteiger partial charge < -0.3 is 5.73 Å². The van der Waals surface area contributed by atoms with Crippen LogP contribution in [-0.2, 0) is 25.6 Å². The Morgan fingerprint density at radius 3 is 2.38 bits per heavy atom. The highest BCUT2D eigenvalue weighted by Gasteiger charge is 2.33. The molecule has 2 aromatic rings. The highest BCUT2D eigenvalue weighted by atomic mass is 19.4. The molecule has 0 atom stereocenters. The fourth-order valence-corrected chi connectivity index (χ4v) is 1.92. The van der Waals surface area contributed by atoms with Crippen LogP contribution in [0.5, 0.6) is 0 Å². The second-order valence-electron chi connectivity index (χ2n) is 4.44. The predicted octanol–water partition coefficient (Wildman–Crippen LogP) is 2.26. The van der Waals surface area contributed by atoms with E-state index in [1.54, 1.807) is 0 Å². The lowest BCUT2D eigenvalue weighted by atomic mass is 10.2. The standard InChI is InChI=1S/C13H16F3N5/c1-3-10-19-11(4-2)21(20-10)12-8(7-17)5-6-9(18-12)13(14,15)16/h5-6H,3-4,7,17H2,1-2H3. The minimum atomic E-state index is -4.51. The van der Waals surface area contributed by atoms with Gasteiger partial charge in [0.15, 0.2) is 11.6 Å². The molecule has 0 unspecified atom stereocenters. The molecule has 0 amide bonds. The molecule has 0 bridgehead atoms. The van der Waals surface area contributed by atoms with E-state index in [-0.39, 0.29) is 12.4 Å². The number of pyridine rings is 1. The van der Waals surface area contributed by atoms with Crippen molar-refractivity contribution in [3.63, 3.8) is 0 Å². The third-order valence-electron chi connectivity index (χ3n) is 3.02. The first-order chi connectivity index (χ1) is 9.90. The summed E-state index contributed by atoms with van der Waals surface area (Å²) >= 11 is 0. The first-order valence-corrected chi connectivity index (χ1v) is 6.63. The molecule has 0 saturated heterocycles. The van der Waals surface area contributed by atoms with Gasteiger partial charge in [0, 0.05) is 24.9 Å². The van der Waals surface area contributed by atoms with Gasteiger partial charge >= 0.3 is 6.18 Å². The predicted molar refractivity (Wildman–Crippen MR) is 70.8 cm³/mol. The first-order valence-electron chi connectivity index (χ1n) is 6.63. The van der Waals surface area contributed by atoms with Crippen molar-refractivity contribution < 1.29 is 13.2 Å². The second kappa shape index (κ2) is 5.80. The Labute approximate surface area is 120 Å². The molecule has 8 heteroatoms. The Balaban J connectivity index is 2.63. The molecule has 0 aliphatic carbocycles. The maximum atomic E-state index is 12.8. The van der Waals surface area contributed by atoms with Crippen molar-refractivity contribution in [2.75, 3.05) is 0 Å². The average molecular weight is 299 g/mol. The molecule has 0 saturated carbocycles. The number of aromatic nitrogens is 4. The molecule has 0 aliphatic rings. The van der Waals surface area contributed by atoms with Gasteiger partial charge in [-0.2, -0.15) is 17.9 Å². The number of halogens is 3. The molecule has 0 aliphatic heterocycles. The molecular weight excluding hydrogens is 283 g/mol. The zero-order valence-electron chi connectivity index (χ0n) is 11.8. The van der Waals surface area contributed by atoms with Crippen LogP contribution in [0.4, 0.5) is 13.2 Å². The SMILES string of the molecule is CCc1nc(CC)n(-c2nc(C(F)(F)F)ccc2CN)n1. The molecule has 5 nitrogen and oxygen atoms in total. The van der Waals surface area contributed by atoms with Crippen molar-refractivity contribution >= 4 is 0 Å². The minimum Gasteiger partial charge on any atom is -0.326 e. The molecule has 2 rings (SSSR count). The van der Waals surface area contributed by atoms with E-state index in [9.17, 15) is 13.2 Å². The molecule has 0 fully saturated rings. The third-order valence-corrected chi connectivity index (χ3v) is 3.02. The number of alkyl halides is 3. The zero-order chi connectivity index (χ0) is 15.6. The number of nitrogens with two attached hydrogens (primary N) is 1. The minimum absolute atomic E-state index is 0.0743. The number of rotatable bonds is 4. The summed E-state index contributed by atoms with van der Waals surface area (Å²) in [4.78, 5) is 7.98. The summed E-state index contributed by atoms with van der Waals surface area (Å²) in [5.74, 6) is 1.22. The van der Waals surface area contributed by atoms with Gasteiger partial charge in [0.1, 0.15) is 11.5 Å². The summed E-state index contributed by atoms with van der Waals surface area (Å²) in [7, 11) is 0. The molecule has 2 aromatic heterocycles. The van der Waals surface area contributed by atoms with Crippen molar-refractivity contribution in [3.8, 4) is 5.82 Å². The fourth-order valence-electron chi connectivity index (χ4n) is 1.92. The molecule has 0 spiro atoms. The van der Waals surface area contributed by atoms with Gasteiger partial charge in [0.05, 0.1) is 0 Å². The van der Waals surface area contributed by atoms with Gasteiger partial charge in [0.25, 0.3) is 0 Å². The third kappa shape index (κ3) is 3.05. The number of hydrogen-bond donors (Lipinski definition) is 1. The Kier molecular flexibility index (Phi) is 4.26. The average Bonchev–Trinajstić information content (AvgIpc) is 2.88. The number of aryl methyl sites for hydroxylation is 2. The quantitative estimate of drug-likeness (QED) is 0.940. The summed E-state index contributed by atoms with van der Waals surface area (Å²) in [5, 5.41) is 4.22. The Morgan fingerprint density at radius 1 is 1.14 bits per heavy atom. The van der Waals surface area contributed by atoms with E-state index >= 15 is 0 Å². The van der Waals surface area contributed by atoms with E-state index in [4.69, 9.17) is 5.73 Å². The second-order valence-corrected chi connectivity index (χ2v) is 4.44. The van der Waals surface area contributed by atoms with Crippen LogP contribution >= 0.6 is 0 Å². The van der Waals surface area contributed by atoms with Gasteiger partial charge in [-0.3, -0.25) is 0 Å². The summed E-state index contributed by atoms with van der Waals surface area (Å²) < 4.78 is 39.9. The molecule has 21 heavy (non-hydrogen) atoms. The lowest BCUT2D eigenvalue weighted by molar-refractivity contribution is -0.141. The van der Waals surface area contributed by atoms with Crippen LogP contribution in [0, 0.1) is 0 Å². The Morgan fingerprint density at radius 2 is 1.86 bits per heavy atom. The summed E-state index contributed by atoms with van der Waals surface area (Å²) in [6.45, 7) is 3.81. The van der Waals surface area contributed by atoms with E-state index < -0.39 is 11.9 Å². The molecule has 0 radical (unpaired) electrons. The summed E-state index contributed by atoms with van der Waals surface area (Å²) in [6.07, 6.45) is -3.38. The number of nitrogens with zero attached hydrogens (tertiary/aromatic N) is 4.